The number of carbonyl (C=O) groups excluding carboxylic acids is 1. The molecule has 0 radical (unpaired) electrons. The van der Waals surface area contributed by atoms with Crippen molar-refractivity contribution < 1.29 is 4.79 Å². The monoisotopic (exact) mass is 280 g/mol. The van der Waals surface area contributed by atoms with Crippen LogP contribution in [0.1, 0.15) is 23.1 Å². The summed E-state index contributed by atoms with van der Waals surface area (Å²) in [7, 11) is 0. The Morgan fingerprint density at radius 1 is 1.24 bits per heavy atom. The van der Waals surface area contributed by atoms with Crippen molar-refractivity contribution in [3.63, 3.8) is 0 Å². The van der Waals surface area contributed by atoms with E-state index in [9.17, 15) is 4.79 Å². The lowest BCUT2D eigenvalue weighted by Gasteiger charge is -2.30. The highest BCUT2D eigenvalue weighted by Crippen LogP contribution is 2.28. The molecule has 1 aliphatic rings. The SMILES string of the molecule is Cc1ccc2c(c1)CCCN2C(=O)Cc1ccccc1N. The first-order valence-electron chi connectivity index (χ1n) is 7.38. The number of nitrogen functional groups attached to an aromatic ring is 1. The van der Waals surface area contributed by atoms with Gasteiger partial charge in [0.2, 0.25) is 5.91 Å². The first-order valence-corrected chi connectivity index (χ1v) is 7.38. The van der Waals surface area contributed by atoms with Crippen molar-refractivity contribution in [1.29, 1.82) is 0 Å². The van der Waals surface area contributed by atoms with Crippen molar-refractivity contribution in [2.45, 2.75) is 26.2 Å². The van der Waals surface area contributed by atoms with Crippen LogP contribution in [0.25, 0.3) is 0 Å². The summed E-state index contributed by atoms with van der Waals surface area (Å²) in [6.45, 7) is 2.88. The number of fused-ring (bicyclic) bond motifs is 1. The number of nitrogens with zero attached hydrogens (tertiary/aromatic N) is 1. The van der Waals surface area contributed by atoms with E-state index in [2.05, 4.69) is 25.1 Å². The van der Waals surface area contributed by atoms with Crippen LogP contribution in [0.3, 0.4) is 0 Å². The van der Waals surface area contributed by atoms with Gasteiger partial charge in [0.15, 0.2) is 0 Å². The van der Waals surface area contributed by atoms with Crippen LogP contribution in [0, 0.1) is 6.92 Å². The number of carbonyl (C=O) groups is 1. The first kappa shape index (κ1) is 13.7. The van der Waals surface area contributed by atoms with Crippen LogP contribution in [0.5, 0.6) is 0 Å². The molecule has 0 unspecified atom stereocenters. The predicted molar refractivity (Wildman–Crippen MR) is 86.4 cm³/mol. The van der Waals surface area contributed by atoms with Gasteiger partial charge in [0.05, 0.1) is 6.42 Å². The van der Waals surface area contributed by atoms with E-state index in [4.69, 9.17) is 5.73 Å². The van der Waals surface area contributed by atoms with Crippen LogP contribution in [0.2, 0.25) is 0 Å². The normalized spacial score (nSPS) is 13.9. The van der Waals surface area contributed by atoms with Crippen LogP contribution < -0.4 is 10.6 Å². The second kappa shape index (κ2) is 5.60. The number of anilines is 2. The lowest BCUT2D eigenvalue weighted by atomic mass is 9.98. The fraction of sp³-hybridized carbons (Fsp3) is 0.278. The van der Waals surface area contributed by atoms with E-state index < -0.39 is 0 Å². The van der Waals surface area contributed by atoms with Crippen molar-refractivity contribution >= 4 is 17.3 Å². The van der Waals surface area contributed by atoms with E-state index in [0.717, 1.165) is 30.6 Å². The van der Waals surface area contributed by atoms with Crippen molar-refractivity contribution in [2.24, 2.45) is 0 Å². The molecule has 21 heavy (non-hydrogen) atoms. The van der Waals surface area contributed by atoms with Gasteiger partial charge in [0.25, 0.3) is 0 Å². The maximum atomic E-state index is 12.6. The summed E-state index contributed by atoms with van der Waals surface area (Å²) in [4.78, 5) is 14.5. The zero-order chi connectivity index (χ0) is 14.8. The largest absolute Gasteiger partial charge is 0.398 e. The van der Waals surface area contributed by atoms with E-state index in [1.54, 1.807) is 0 Å². The number of para-hydroxylation sites is 1. The van der Waals surface area contributed by atoms with Gasteiger partial charge in [0.1, 0.15) is 0 Å². The molecule has 0 bridgehead atoms. The molecular weight excluding hydrogens is 260 g/mol. The van der Waals surface area contributed by atoms with E-state index in [0.29, 0.717) is 12.1 Å². The Labute approximate surface area is 125 Å². The first-order chi connectivity index (χ1) is 10.1. The highest BCUT2D eigenvalue weighted by Gasteiger charge is 2.22. The summed E-state index contributed by atoms with van der Waals surface area (Å²) >= 11 is 0. The summed E-state index contributed by atoms with van der Waals surface area (Å²) < 4.78 is 0. The average Bonchev–Trinajstić information content (AvgIpc) is 2.48. The Kier molecular flexibility index (Phi) is 3.65. The average molecular weight is 280 g/mol. The third-order valence-electron chi connectivity index (χ3n) is 4.05. The molecule has 2 N–H and O–H groups in total. The molecule has 0 fully saturated rings. The molecule has 3 rings (SSSR count). The Morgan fingerprint density at radius 3 is 2.86 bits per heavy atom. The van der Waals surface area contributed by atoms with E-state index in [1.807, 2.05) is 29.2 Å². The van der Waals surface area contributed by atoms with E-state index >= 15 is 0 Å². The van der Waals surface area contributed by atoms with Crippen LogP contribution >= 0.6 is 0 Å². The molecule has 0 aromatic heterocycles. The van der Waals surface area contributed by atoms with Crippen molar-refractivity contribution in [2.75, 3.05) is 17.2 Å². The van der Waals surface area contributed by atoms with Gasteiger partial charge in [-0.2, -0.15) is 0 Å². The number of amides is 1. The second-order valence-corrected chi connectivity index (χ2v) is 5.66. The van der Waals surface area contributed by atoms with Crippen LogP contribution in [0.15, 0.2) is 42.5 Å². The molecule has 1 amide bonds. The fourth-order valence-corrected chi connectivity index (χ4v) is 2.94. The van der Waals surface area contributed by atoms with Crippen molar-refractivity contribution in [1.82, 2.24) is 0 Å². The standard InChI is InChI=1S/C18H20N2O/c1-13-8-9-17-15(11-13)6-4-10-20(17)18(21)12-14-5-2-3-7-16(14)19/h2-3,5,7-9,11H,4,6,10,12,19H2,1H3. The summed E-state index contributed by atoms with van der Waals surface area (Å²) in [6, 6.07) is 13.9. The fourth-order valence-electron chi connectivity index (χ4n) is 2.94. The number of benzene rings is 2. The van der Waals surface area contributed by atoms with Crippen molar-refractivity contribution in [3.8, 4) is 0 Å². The highest BCUT2D eigenvalue weighted by atomic mass is 16.2. The maximum Gasteiger partial charge on any atom is 0.231 e. The molecule has 0 aliphatic carbocycles. The lowest BCUT2D eigenvalue weighted by Crippen LogP contribution is -2.36. The zero-order valence-corrected chi connectivity index (χ0v) is 12.3. The molecule has 3 nitrogen and oxygen atoms in total. The quantitative estimate of drug-likeness (QED) is 0.859. The Bertz CT molecular complexity index is 679. The molecule has 0 saturated carbocycles. The van der Waals surface area contributed by atoms with E-state index in [1.165, 1.54) is 11.1 Å². The number of hydrogen-bond donors (Lipinski definition) is 1. The molecule has 1 aliphatic heterocycles. The van der Waals surface area contributed by atoms with Gasteiger partial charge in [-0.05, 0) is 43.0 Å². The highest BCUT2D eigenvalue weighted by molar-refractivity contribution is 5.96. The van der Waals surface area contributed by atoms with Gasteiger partial charge >= 0.3 is 0 Å². The minimum absolute atomic E-state index is 0.123. The number of hydrogen-bond acceptors (Lipinski definition) is 2. The second-order valence-electron chi connectivity index (χ2n) is 5.66. The third-order valence-corrected chi connectivity index (χ3v) is 4.05. The van der Waals surface area contributed by atoms with Gasteiger partial charge in [-0.25, -0.2) is 0 Å². The molecule has 108 valence electrons. The third kappa shape index (κ3) is 2.77. The molecule has 0 saturated heterocycles. The smallest absolute Gasteiger partial charge is 0.231 e. The zero-order valence-electron chi connectivity index (χ0n) is 12.3. The summed E-state index contributed by atoms with van der Waals surface area (Å²) in [5.41, 5.74) is 11.1. The van der Waals surface area contributed by atoms with Gasteiger partial charge in [-0.15, -0.1) is 0 Å². The number of aryl methyl sites for hydroxylation is 2. The molecular formula is C18H20N2O. The minimum Gasteiger partial charge on any atom is -0.398 e. The van der Waals surface area contributed by atoms with Gasteiger partial charge in [-0.1, -0.05) is 35.9 Å². The van der Waals surface area contributed by atoms with Crippen LogP contribution in [0.4, 0.5) is 11.4 Å². The minimum atomic E-state index is 0.123. The molecule has 0 spiro atoms. The topological polar surface area (TPSA) is 46.3 Å². The molecule has 0 atom stereocenters. The van der Waals surface area contributed by atoms with Crippen LogP contribution in [-0.2, 0) is 17.6 Å². The summed E-state index contributed by atoms with van der Waals surface area (Å²) in [5.74, 6) is 0.123. The molecule has 1 heterocycles. The molecule has 2 aromatic rings. The predicted octanol–water partition coefficient (Wildman–Crippen LogP) is 3.10. The van der Waals surface area contributed by atoms with Gasteiger partial charge in [0, 0.05) is 17.9 Å². The Morgan fingerprint density at radius 2 is 2.05 bits per heavy atom. The maximum absolute atomic E-state index is 12.6. The summed E-state index contributed by atoms with van der Waals surface area (Å²) in [6.07, 6.45) is 2.43. The summed E-state index contributed by atoms with van der Waals surface area (Å²) in [5, 5.41) is 0. The van der Waals surface area contributed by atoms with Crippen molar-refractivity contribution in [3.05, 3.63) is 59.2 Å². The Hall–Kier alpha value is -2.29. The lowest BCUT2D eigenvalue weighted by molar-refractivity contribution is -0.118. The number of rotatable bonds is 2. The van der Waals surface area contributed by atoms with Gasteiger partial charge < -0.3 is 10.6 Å². The molecule has 3 heteroatoms. The van der Waals surface area contributed by atoms with Crippen LogP contribution in [-0.4, -0.2) is 12.5 Å². The number of nitrogens with two attached hydrogens (primary N) is 1. The Balaban J connectivity index is 1.85. The van der Waals surface area contributed by atoms with E-state index in [-0.39, 0.29) is 5.91 Å². The van der Waals surface area contributed by atoms with Gasteiger partial charge in [-0.3, -0.25) is 4.79 Å². The molecule has 2 aromatic carbocycles.